The number of hydrogen-bond donors (Lipinski definition) is 0. The van der Waals surface area contributed by atoms with Gasteiger partial charge in [-0.2, -0.15) is 0 Å². The number of allylic oxidation sites excluding steroid dienone is 1. The summed E-state index contributed by atoms with van der Waals surface area (Å²) in [6, 6.07) is 3.25. The Morgan fingerprint density at radius 3 is 2.94 bits per heavy atom. The van der Waals surface area contributed by atoms with Crippen molar-refractivity contribution in [3.63, 3.8) is 0 Å². The molecule has 2 rings (SSSR count). The molecular formula is C12H12BrNO2. The summed E-state index contributed by atoms with van der Waals surface area (Å²) in [5, 5.41) is 10.8. The van der Waals surface area contributed by atoms with Crippen molar-refractivity contribution in [3.05, 3.63) is 43.9 Å². The van der Waals surface area contributed by atoms with Crippen molar-refractivity contribution >= 4 is 27.7 Å². The van der Waals surface area contributed by atoms with E-state index >= 15 is 0 Å². The van der Waals surface area contributed by atoms with Crippen molar-refractivity contribution in [2.45, 2.75) is 25.7 Å². The highest BCUT2D eigenvalue weighted by Crippen LogP contribution is 2.39. The molecule has 0 amide bonds. The van der Waals surface area contributed by atoms with Gasteiger partial charge in [-0.25, -0.2) is 0 Å². The van der Waals surface area contributed by atoms with E-state index in [-0.39, 0.29) is 10.6 Å². The van der Waals surface area contributed by atoms with Gasteiger partial charge in [-0.05, 0) is 29.9 Å². The Labute approximate surface area is 102 Å². The molecule has 84 valence electrons. The molecule has 0 saturated heterocycles. The van der Waals surface area contributed by atoms with Crippen LogP contribution < -0.4 is 0 Å². The van der Waals surface area contributed by atoms with Crippen LogP contribution in [0.4, 0.5) is 5.69 Å². The molecule has 0 spiro atoms. The van der Waals surface area contributed by atoms with Crippen molar-refractivity contribution in [1.82, 2.24) is 0 Å². The smallest absolute Gasteiger partial charge is 0.258 e. The minimum Gasteiger partial charge on any atom is -0.258 e. The summed E-state index contributed by atoms with van der Waals surface area (Å²) in [5.74, 6) is 0.468. The Hall–Kier alpha value is -1.16. The number of nitro groups is 1. The average Bonchev–Trinajstić information content (AvgIpc) is 2.27. The van der Waals surface area contributed by atoms with Gasteiger partial charge in [0.15, 0.2) is 0 Å². The van der Waals surface area contributed by atoms with E-state index in [2.05, 4.69) is 28.9 Å². The number of fused-ring (bicyclic) bond motifs is 1. The first kappa shape index (κ1) is 11.3. The zero-order valence-corrected chi connectivity index (χ0v) is 10.5. The summed E-state index contributed by atoms with van der Waals surface area (Å²) < 4.78 is 0.855. The zero-order valence-electron chi connectivity index (χ0n) is 8.94. The Bertz CT molecular complexity index is 468. The first-order valence-corrected chi connectivity index (χ1v) is 6.07. The minimum absolute atomic E-state index is 0.145. The van der Waals surface area contributed by atoms with E-state index in [9.17, 15) is 10.1 Å². The van der Waals surface area contributed by atoms with Gasteiger partial charge in [0.2, 0.25) is 0 Å². The van der Waals surface area contributed by atoms with Crippen molar-refractivity contribution in [1.29, 1.82) is 0 Å². The van der Waals surface area contributed by atoms with E-state index in [0.717, 1.165) is 22.9 Å². The number of rotatable bonds is 2. The molecule has 0 unspecified atom stereocenters. The normalized spacial score (nSPS) is 18.2. The van der Waals surface area contributed by atoms with Crippen LogP contribution in [-0.4, -0.2) is 4.92 Å². The van der Waals surface area contributed by atoms with E-state index < -0.39 is 0 Å². The Morgan fingerprint density at radius 1 is 1.56 bits per heavy atom. The van der Waals surface area contributed by atoms with Crippen LogP contribution in [-0.2, 0) is 0 Å². The summed E-state index contributed by atoms with van der Waals surface area (Å²) in [6.45, 7) is 2.14. The molecule has 0 bridgehead atoms. The van der Waals surface area contributed by atoms with Gasteiger partial charge in [0.25, 0.3) is 5.69 Å². The zero-order chi connectivity index (χ0) is 11.7. The average molecular weight is 282 g/mol. The molecule has 0 N–H and O–H groups in total. The fraction of sp³-hybridized carbons (Fsp3) is 0.333. The highest BCUT2D eigenvalue weighted by atomic mass is 79.9. The SMILES string of the molecule is CC[C@@H]1CC=Cc2cc([N+](=O)[O-])cc(Br)c21. The summed E-state index contributed by atoms with van der Waals surface area (Å²) in [6.07, 6.45) is 6.12. The molecule has 0 aliphatic heterocycles. The third kappa shape index (κ3) is 1.89. The van der Waals surface area contributed by atoms with Crippen LogP contribution in [0.5, 0.6) is 0 Å². The Morgan fingerprint density at radius 2 is 2.31 bits per heavy atom. The van der Waals surface area contributed by atoms with Crippen molar-refractivity contribution < 1.29 is 4.92 Å². The lowest BCUT2D eigenvalue weighted by Crippen LogP contribution is -2.05. The quantitative estimate of drug-likeness (QED) is 0.600. The number of hydrogen-bond acceptors (Lipinski definition) is 2. The van der Waals surface area contributed by atoms with Gasteiger partial charge < -0.3 is 0 Å². The molecule has 3 nitrogen and oxygen atoms in total. The largest absolute Gasteiger partial charge is 0.271 e. The molecule has 1 aliphatic rings. The van der Waals surface area contributed by atoms with Gasteiger partial charge in [0.1, 0.15) is 0 Å². The molecule has 1 aliphatic carbocycles. The standard InChI is InChI=1S/C12H12BrNO2/c1-2-8-4-3-5-9-6-10(14(15)16)7-11(13)12(8)9/h3,5-8H,2,4H2,1H3/t8-/m1/s1. The molecule has 0 aromatic heterocycles. The van der Waals surface area contributed by atoms with Crippen molar-refractivity contribution in [2.75, 3.05) is 0 Å². The number of nitrogens with zero attached hydrogens (tertiary/aromatic N) is 1. The van der Waals surface area contributed by atoms with E-state index in [1.807, 2.05) is 6.08 Å². The van der Waals surface area contributed by atoms with Gasteiger partial charge >= 0.3 is 0 Å². The fourth-order valence-corrected chi connectivity index (χ4v) is 2.93. The Kier molecular flexibility index (Phi) is 3.10. The highest BCUT2D eigenvalue weighted by Gasteiger charge is 2.21. The molecular weight excluding hydrogens is 270 g/mol. The van der Waals surface area contributed by atoms with Crippen LogP contribution in [0.2, 0.25) is 0 Å². The molecule has 0 saturated carbocycles. The molecule has 4 heteroatoms. The minimum atomic E-state index is -0.353. The fourth-order valence-electron chi connectivity index (χ4n) is 2.15. The maximum atomic E-state index is 10.8. The molecule has 0 radical (unpaired) electrons. The monoisotopic (exact) mass is 281 g/mol. The van der Waals surface area contributed by atoms with Crippen LogP contribution in [0.15, 0.2) is 22.7 Å². The molecule has 1 aromatic rings. The van der Waals surface area contributed by atoms with E-state index in [1.165, 1.54) is 5.56 Å². The van der Waals surface area contributed by atoms with Gasteiger partial charge in [0.05, 0.1) is 4.92 Å². The van der Waals surface area contributed by atoms with Gasteiger partial charge in [0, 0.05) is 16.6 Å². The summed E-state index contributed by atoms with van der Waals surface area (Å²) in [7, 11) is 0. The second-order valence-electron chi connectivity index (χ2n) is 3.93. The van der Waals surface area contributed by atoms with Crippen LogP contribution >= 0.6 is 15.9 Å². The van der Waals surface area contributed by atoms with E-state index in [1.54, 1.807) is 12.1 Å². The van der Waals surface area contributed by atoms with Crippen LogP contribution in [0.25, 0.3) is 6.08 Å². The number of nitro benzene ring substituents is 1. The maximum Gasteiger partial charge on any atom is 0.271 e. The maximum absolute atomic E-state index is 10.8. The van der Waals surface area contributed by atoms with Crippen LogP contribution in [0, 0.1) is 10.1 Å². The van der Waals surface area contributed by atoms with Gasteiger partial charge in [-0.1, -0.05) is 35.0 Å². The predicted molar refractivity (Wildman–Crippen MR) is 67.5 cm³/mol. The summed E-state index contributed by atoms with van der Waals surface area (Å²) >= 11 is 3.44. The first-order valence-electron chi connectivity index (χ1n) is 5.27. The van der Waals surface area contributed by atoms with Crippen LogP contribution in [0.3, 0.4) is 0 Å². The number of halogens is 1. The van der Waals surface area contributed by atoms with Crippen LogP contribution in [0.1, 0.15) is 36.8 Å². The summed E-state index contributed by atoms with van der Waals surface area (Å²) in [5.41, 5.74) is 2.32. The second-order valence-corrected chi connectivity index (χ2v) is 4.79. The van der Waals surface area contributed by atoms with Gasteiger partial charge in [-0.3, -0.25) is 10.1 Å². The molecule has 0 heterocycles. The molecule has 16 heavy (non-hydrogen) atoms. The first-order chi connectivity index (χ1) is 7.63. The molecule has 0 fully saturated rings. The topological polar surface area (TPSA) is 43.1 Å². The van der Waals surface area contributed by atoms with Crippen molar-refractivity contribution in [3.8, 4) is 0 Å². The third-order valence-corrected chi connectivity index (χ3v) is 3.63. The third-order valence-electron chi connectivity index (χ3n) is 2.98. The second kappa shape index (κ2) is 4.37. The van der Waals surface area contributed by atoms with Crippen molar-refractivity contribution in [2.24, 2.45) is 0 Å². The lowest BCUT2D eigenvalue weighted by atomic mass is 9.85. The predicted octanol–water partition coefficient (Wildman–Crippen LogP) is 4.27. The van der Waals surface area contributed by atoms with E-state index in [4.69, 9.17) is 0 Å². The number of benzene rings is 1. The Balaban J connectivity index is 2.58. The van der Waals surface area contributed by atoms with E-state index in [0.29, 0.717) is 5.92 Å². The number of non-ortho nitro benzene ring substituents is 1. The highest BCUT2D eigenvalue weighted by molar-refractivity contribution is 9.10. The lowest BCUT2D eigenvalue weighted by molar-refractivity contribution is -0.385. The summed E-state index contributed by atoms with van der Waals surface area (Å²) in [4.78, 5) is 10.4. The molecule has 1 aromatic carbocycles. The molecule has 1 atom stereocenters. The lowest BCUT2D eigenvalue weighted by Gasteiger charge is -2.21. The van der Waals surface area contributed by atoms with Gasteiger partial charge in [-0.15, -0.1) is 0 Å².